The zero-order chi connectivity index (χ0) is 24.5. The van der Waals surface area contributed by atoms with E-state index in [9.17, 15) is 18.4 Å². The molecule has 0 aromatic heterocycles. The van der Waals surface area contributed by atoms with E-state index >= 15 is 0 Å². The summed E-state index contributed by atoms with van der Waals surface area (Å²) in [6.07, 6.45) is 0.317. The van der Waals surface area contributed by atoms with E-state index in [-0.39, 0.29) is 35.7 Å². The molecule has 3 aromatic carbocycles. The summed E-state index contributed by atoms with van der Waals surface area (Å²) in [5, 5.41) is 2.95. The lowest BCUT2D eigenvalue weighted by molar-refractivity contribution is -0.139. The molecule has 4 nitrogen and oxygen atoms in total. The molecule has 0 aliphatic rings. The normalized spacial score (nSPS) is 11.6. The predicted octanol–water partition coefficient (Wildman–Crippen LogP) is 5.24. The molecule has 0 saturated carbocycles. The summed E-state index contributed by atoms with van der Waals surface area (Å²) in [5.41, 5.74) is 1.93. The maximum Gasteiger partial charge on any atom is 0.242 e. The number of hydrogen-bond acceptors (Lipinski definition) is 3. The van der Waals surface area contributed by atoms with Gasteiger partial charge in [-0.05, 0) is 35.4 Å². The van der Waals surface area contributed by atoms with Crippen LogP contribution in [0.2, 0.25) is 5.02 Å². The van der Waals surface area contributed by atoms with E-state index < -0.39 is 11.9 Å². The molecule has 34 heavy (non-hydrogen) atoms. The van der Waals surface area contributed by atoms with Gasteiger partial charge in [0.1, 0.15) is 17.7 Å². The molecule has 2 amide bonds. The summed E-state index contributed by atoms with van der Waals surface area (Å²) in [6.45, 7) is 0.130. The summed E-state index contributed by atoms with van der Waals surface area (Å²) >= 11 is 7.32. The number of nitrogens with one attached hydrogen (secondary N) is 1. The number of halogens is 3. The minimum Gasteiger partial charge on any atom is -0.357 e. The van der Waals surface area contributed by atoms with Gasteiger partial charge in [0, 0.05) is 36.4 Å². The average Bonchev–Trinajstić information content (AvgIpc) is 2.84. The van der Waals surface area contributed by atoms with Crippen LogP contribution >= 0.6 is 23.4 Å². The number of hydrogen-bond donors (Lipinski definition) is 1. The van der Waals surface area contributed by atoms with E-state index in [2.05, 4.69) is 5.32 Å². The molecule has 8 heteroatoms. The van der Waals surface area contributed by atoms with Crippen LogP contribution in [0.4, 0.5) is 8.78 Å². The monoisotopic (exact) mass is 502 g/mol. The fourth-order valence-electron chi connectivity index (χ4n) is 3.50. The van der Waals surface area contributed by atoms with Crippen molar-refractivity contribution in [1.82, 2.24) is 10.2 Å². The number of amides is 2. The van der Waals surface area contributed by atoms with Gasteiger partial charge in [-0.15, -0.1) is 11.8 Å². The van der Waals surface area contributed by atoms with Gasteiger partial charge < -0.3 is 10.2 Å². The molecule has 1 N–H and O–H groups in total. The van der Waals surface area contributed by atoms with Crippen LogP contribution in [0.25, 0.3) is 0 Å². The maximum atomic E-state index is 14.1. The van der Waals surface area contributed by atoms with E-state index in [1.165, 1.54) is 48.0 Å². The number of carbonyl (C=O) groups is 2. The lowest BCUT2D eigenvalue weighted by Gasteiger charge is -2.31. The summed E-state index contributed by atoms with van der Waals surface area (Å²) in [5.74, 6) is -1.17. The summed E-state index contributed by atoms with van der Waals surface area (Å²) < 4.78 is 27.5. The summed E-state index contributed by atoms with van der Waals surface area (Å²) in [7, 11) is 1.52. The average molecular weight is 503 g/mol. The molecule has 1 atom stereocenters. The van der Waals surface area contributed by atoms with Gasteiger partial charge in [0.05, 0.1) is 5.75 Å². The topological polar surface area (TPSA) is 49.4 Å². The summed E-state index contributed by atoms with van der Waals surface area (Å²) in [4.78, 5) is 27.7. The third-order valence-electron chi connectivity index (χ3n) is 5.32. The molecule has 3 rings (SSSR count). The Labute approximate surface area is 207 Å². The van der Waals surface area contributed by atoms with Gasteiger partial charge in [0.25, 0.3) is 0 Å². The van der Waals surface area contributed by atoms with Crippen molar-refractivity contribution >= 4 is 35.2 Å². The molecule has 0 radical (unpaired) electrons. The first kappa shape index (κ1) is 25.7. The second kappa shape index (κ2) is 12.5. The Morgan fingerprint density at radius 2 is 1.68 bits per heavy atom. The van der Waals surface area contributed by atoms with Crippen molar-refractivity contribution in [2.24, 2.45) is 0 Å². The molecular weight excluding hydrogens is 478 g/mol. The largest absolute Gasteiger partial charge is 0.357 e. The van der Waals surface area contributed by atoms with Gasteiger partial charge in [-0.3, -0.25) is 9.59 Å². The SMILES string of the molecule is CNC(=O)[C@H](Cc1ccccc1)N(Cc1ccc(F)cc1)C(=O)CSCc1c(F)cccc1Cl. The molecule has 0 aliphatic heterocycles. The first-order valence-electron chi connectivity index (χ1n) is 10.7. The Bertz CT molecular complexity index is 1090. The third-order valence-corrected chi connectivity index (χ3v) is 6.62. The van der Waals surface area contributed by atoms with Crippen LogP contribution in [-0.4, -0.2) is 35.6 Å². The Balaban J connectivity index is 1.82. The fraction of sp³-hybridized carbons (Fsp3) is 0.231. The van der Waals surface area contributed by atoms with Crippen molar-refractivity contribution in [2.45, 2.75) is 24.8 Å². The van der Waals surface area contributed by atoms with E-state index in [1.54, 1.807) is 18.2 Å². The quantitative estimate of drug-likeness (QED) is 0.412. The maximum absolute atomic E-state index is 14.1. The van der Waals surface area contributed by atoms with Gasteiger partial charge in [-0.25, -0.2) is 8.78 Å². The fourth-order valence-corrected chi connectivity index (χ4v) is 4.75. The zero-order valence-corrected chi connectivity index (χ0v) is 20.2. The van der Waals surface area contributed by atoms with Crippen LogP contribution in [0, 0.1) is 11.6 Å². The van der Waals surface area contributed by atoms with Crippen LogP contribution in [0.15, 0.2) is 72.8 Å². The molecule has 0 unspecified atom stereocenters. The second-order valence-corrected chi connectivity index (χ2v) is 9.05. The molecule has 0 heterocycles. The third kappa shape index (κ3) is 7.05. The molecule has 0 bridgehead atoms. The van der Waals surface area contributed by atoms with Crippen molar-refractivity contribution in [2.75, 3.05) is 12.8 Å². The highest BCUT2D eigenvalue weighted by Gasteiger charge is 2.29. The van der Waals surface area contributed by atoms with E-state index in [1.807, 2.05) is 30.3 Å². The van der Waals surface area contributed by atoms with E-state index in [4.69, 9.17) is 11.6 Å². The van der Waals surface area contributed by atoms with Gasteiger partial charge in [-0.1, -0.05) is 60.1 Å². The van der Waals surface area contributed by atoms with Crippen molar-refractivity contribution in [1.29, 1.82) is 0 Å². The Morgan fingerprint density at radius 3 is 2.32 bits per heavy atom. The number of benzene rings is 3. The van der Waals surface area contributed by atoms with Crippen molar-refractivity contribution in [3.63, 3.8) is 0 Å². The second-order valence-electron chi connectivity index (χ2n) is 7.66. The lowest BCUT2D eigenvalue weighted by atomic mass is 10.0. The van der Waals surface area contributed by atoms with Gasteiger partial charge in [-0.2, -0.15) is 0 Å². The highest BCUT2D eigenvalue weighted by molar-refractivity contribution is 7.99. The first-order chi connectivity index (χ1) is 16.4. The number of carbonyl (C=O) groups excluding carboxylic acids is 2. The minimum atomic E-state index is -0.775. The minimum absolute atomic E-state index is 0.0220. The number of likely N-dealkylation sites (N-methyl/N-ethyl adjacent to an activating group) is 1. The highest BCUT2D eigenvalue weighted by atomic mass is 35.5. The van der Waals surface area contributed by atoms with E-state index in [0.29, 0.717) is 22.6 Å². The van der Waals surface area contributed by atoms with Gasteiger partial charge in [0.2, 0.25) is 11.8 Å². The van der Waals surface area contributed by atoms with Crippen molar-refractivity contribution in [3.8, 4) is 0 Å². The molecular formula is C26H25ClF2N2O2S. The van der Waals surface area contributed by atoms with Crippen LogP contribution in [0.3, 0.4) is 0 Å². The predicted molar refractivity (Wildman–Crippen MR) is 133 cm³/mol. The highest BCUT2D eigenvalue weighted by Crippen LogP contribution is 2.25. The smallest absolute Gasteiger partial charge is 0.242 e. The van der Waals surface area contributed by atoms with Gasteiger partial charge in [0.15, 0.2) is 0 Å². The number of nitrogens with zero attached hydrogens (tertiary/aromatic N) is 1. The van der Waals surface area contributed by atoms with E-state index in [0.717, 1.165) is 5.56 Å². The Kier molecular flexibility index (Phi) is 9.48. The molecule has 178 valence electrons. The molecule has 0 saturated heterocycles. The molecule has 0 spiro atoms. The van der Waals surface area contributed by atoms with Crippen LogP contribution in [0.5, 0.6) is 0 Å². The standard InChI is InChI=1S/C26H25ClF2N2O2S/c1-30-26(33)24(14-18-6-3-2-4-7-18)31(15-19-10-12-20(28)13-11-19)25(32)17-34-16-21-22(27)8-5-9-23(21)29/h2-13,24H,14-17H2,1H3,(H,30,33)/t24-/m0/s1. The zero-order valence-electron chi connectivity index (χ0n) is 18.6. The molecule has 0 aliphatic carbocycles. The summed E-state index contributed by atoms with van der Waals surface area (Å²) in [6, 6.07) is 18.9. The number of rotatable bonds is 10. The van der Waals surface area contributed by atoms with Crippen molar-refractivity contribution in [3.05, 3.63) is 106 Å². The van der Waals surface area contributed by atoms with Crippen LogP contribution < -0.4 is 5.32 Å². The Hall–Kier alpha value is -2.90. The van der Waals surface area contributed by atoms with Crippen LogP contribution in [0.1, 0.15) is 16.7 Å². The van der Waals surface area contributed by atoms with Crippen LogP contribution in [-0.2, 0) is 28.3 Å². The molecule has 0 fully saturated rings. The van der Waals surface area contributed by atoms with Crippen molar-refractivity contribution < 1.29 is 18.4 Å². The van der Waals surface area contributed by atoms with Gasteiger partial charge >= 0.3 is 0 Å². The first-order valence-corrected chi connectivity index (χ1v) is 12.2. The Morgan fingerprint density at radius 1 is 0.971 bits per heavy atom. The number of thioether (sulfide) groups is 1. The lowest BCUT2D eigenvalue weighted by Crippen LogP contribution is -2.50. The molecule has 3 aromatic rings.